The van der Waals surface area contributed by atoms with Crippen molar-refractivity contribution >= 4 is 11.1 Å². The van der Waals surface area contributed by atoms with Crippen molar-refractivity contribution in [3.05, 3.63) is 77.9 Å². The Bertz CT molecular complexity index is 789. The predicted octanol–water partition coefficient (Wildman–Crippen LogP) is 5.37. The fourth-order valence-corrected chi connectivity index (χ4v) is 4.21. The van der Waals surface area contributed by atoms with Crippen molar-refractivity contribution < 1.29 is 5.11 Å². The Balaban J connectivity index is 1.35. The average Bonchev–Trinajstić information content (AvgIpc) is 2.70. The van der Waals surface area contributed by atoms with Crippen molar-refractivity contribution in [3.63, 3.8) is 0 Å². The molecule has 2 heteroatoms. The van der Waals surface area contributed by atoms with Gasteiger partial charge in [-0.2, -0.15) is 0 Å². The van der Waals surface area contributed by atoms with Gasteiger partial charge in [-0.05, 0) is 66.0 Å². The highest BCUT2D eigenvalue weighted by Crippen LogP contribution is 2.33. The largest absolute Gasteiger partial charge is 0.508 e. The van der Waals surface area contributed by atoms with E-state index in [1.807, 2.05) is 12.1 Å². The summed E-state index contributed by atoms with van der Waals surface area (Å²) in [6, 6.07) is 18.4. The zero-order chi connectivity index (χ0) is 17.8. The van der Waals surface area contributed by atoms with E-state index in [0.29, 0.717) is 5.75 Å². The highest BCUT2D eigenvalue weighted by molar-refractivity contribution is 5.67. The van der Waals surface area contributed by atoms with Crippen LogP contribution < -0.4 is 0 Å². The summed E-state index contributed by atoms with van der Waals surface area (Å²) >= 11 is 0. The molecule has 4 rings (SSSR count). The highest BCUT2D eigenvalue weighted by Gasteiger charge is 2.21. The first kappa shape index (κ1) is 17.1. The molecule has 1 unspecified atom stereocenters. The van der Waals surface area contributed by atoms with Gasteiger partial charge in [0.1, 0.15) is 5.75 Å². The maximum atomic E-state index is 9.50. The Kier molecular flexibility index (Phi) is 5.21. The molecule has 2 aromatic rings. The number of phenols is 1. The van der Waals surface area contributed by atoms with Crippen LogP contribution in [-0.4, -0.2) is 29.6 Å². The van der Waals surface area contributed by atoms with E-state index >= 15 is 0 Å². The van der Waals surface area contributed by atoms with Crippen LogP contribution in [0, 0.1) is 5.92 Å². The first-order valence-corrected chi connectivity index (χ1v) is 9.73. The number of hydrogen-bond acceptors (Lipinski definition) is 2. The number of rotatable bonds is 4. The lowest BCUT2D eigenvalue weighted by Crippen LogP contribution is -2.33. The fraction of sp³-hybridized carbons (Fsp3) is 0.333. The Morgan fingerprint density at radius 1 is 0.885 bits per heavy atom. The van der Waals surface area contributed by atoms with Gasteiger partial charge in [0.2, 0.25) is 0 Å². The second-order valence-corrected chi connectivity index (χ2v) is 7.53. The van der Waals surface area contributed by atoms with Gasteiger partial charge in [-0.25, -0.2) is 0 Å². The highest BCUT2D eigenvalue weighted by atomic mass is 16.3. The molecule has 1 heterocycles. The molecular formula is C24H27NO. The van der Waals surface area contributed by atoms with E-state index in [-0.39, 0.29) is 0 Å². The van der Waals surface area contributed by atoms with E-state index in [9.17, 15) is 5.11 Å². The summed E-state index contributed by atoms with van der Waals surface area (Å²) < 4.78 is 0. The van der Waals surface area contributed by atoms with E-state index in [1.165, 1.54) is 41.7 Å². The van der Waals surface area contributed by atoms with Gasteiger partial charge in [-0.1, -0.05) is 54.6 Å². The number of allylic oxidation sites excluding steroid dienone is 2. The smallest absolute Gasteiger partial charge is 0.115 e. The first-order chi connectivity index (χ1) is 12.8. The molecule has 1 atom stereocenters. The van der Waals surface area contributed by atoms with Crippen LogP contribution in [0.3, 0.4) is 0 Å². The third-order valence-corrected chi connectivity index (χ3v) is 5.67. The Hall–Kier alpha value is -2.32. The van der Waals surface area contributed by atoms with Crippen molar-refractivity contribution in [2.75, 3.05) is 19.6 Å². The van der Waals surface area contributed by atoms with Gasteiger partial charge in [0.15, 0.2) is 0 Å². The van der Waals surface area contributed by atoms with Gasteiger partial charge in [-0.3, -0.25) is 4.90 Å². The van der Waals surface area contributed by atoms with Crippen LogP contribution in [0.4, 0.5) is 0 Å². The van der Waals surface area contributed by atoms with Crippen molar-refractivity contribution in [2.24, 2.45) is 5.92 Å². The Morgan fingerprint density at radius 3 is 2.38 bits per heavy atom. The standard InChI is InChI=1S/C24H27NO/c26-24-11-9-21(10-12-24)23-8-4-5-19(17-23)18-25-15-13-22(14-16-25)20-6-2-1-3-7-20/h1-3,6-13,19,26H,4-5,14-18H2. The normalized spacial score (nSPS) is 21.2. The van der Waals surface area contributed by atoms with Crippen molar-refractivity contribution in [3.8, 4) is 5.75 Å². The van der Waals surface area contributed by atoms with Gasteiger partial charge in [0.25, 0.3) is 0 Å². The van der Waals surface area contributed by atoms with Crippen LogP contribution in [0.2, 0.25) is 0 Å². The van der Waals surface area contributed by atoms with E-state index in [1.54, 1.807) is 12.1 Å². The van der Waals surface area contributed by atoms with Crippen molar-refractivity contribution in [1.29, 1.82) is 0 Å². The number of aromatic hydroxyl groups is 1. The van der Waals surface area contributed by atoms with Gasteiger partial charge >= 0.3 is 0 Å². The molecule has 0 fully saturated rings. The summed E-state index contributed by atoms with van der Waals surface area (Å²) in [5, 5.41) is 9.50. The molecule has 0 amide bonds. The Labute approximate surface area is 156 Å². The average molecular weight is 345 g/mol. The third kappa shape index (κ3) is 4.08. The van der Waals surface area contributed by atoms with E-state index in [2.05, 4.69) is 47.4 Å². The zero-order valence-corrected chi connectivity index (χ0v) is 15.3. The molecule has 1 aliphatic carbocycles. The molecule has 0 saturated carbocycles. The fourth-order valence-electron chi connectivity index (χ4n) is 4.21. The first-order valence-electron chi connectivity index (χ1n) is 9.73. The molecule has 26 heavy (non-hydrogen) atoms. The number of nitrogens with zero attached hydrogens (tertiary/aromatic N) is 1. The second kappa shape index (κ2) is 7.92. The minimum atomic E-state index is 0.344. The van der Waals surface area contributed by atoms with Gasteiger partial charge in [-0.15, -0.1) is 0 Å². The molecule has 0 radical (unpaired) electrons. The summed E-state index contributed by atoms with van der Waals surface area (Å²) in [7, 11) is 0. The molecule has 0 saturated heterocycles. The maximum Gasteiger partial charge on any atom is 0.115 e. The Morgan fingerprint density at radius 2 is 1.65 bits per heavy atom. The molecule has 1 aliphatic heterocycles. The van der Waals surface area contributed by atoms with Crippen molar-refractivity contribution in [1.82, 2.24) is 4.90 Å². The molecule has 2 aliphatic rings. The van der Waals surface area contributed by atoms with Gasteiger partial charge < -0.3 is 5.11 Å². The van der Waals surface area contributed by atoms with Crippen molar-refractivity contribution in [2.45, 2.75) is 25.7 Å². The molecule has 2 aromatic carbocycles. The maximum absolute atomic E-state index is 9.50. The third-order valence-electron chi connectivity index (χ3n) is 5.67. The molecule has 0 bridgehead atoms. The monoisotopic (exact) mass is 345 g/mol. The van der Waals surface area contributed by atoms with E-state index in [4.69, 9.17) is 0 Å². The summed E-state index contributed by atoms with van der Waals surface area (Å²) in [4.78, 5) is 2.61. The minimum Gasteiger partial charge on any atom is -0.508 e. The summed E-state index contributed by atoms with van der Waals surface area (Å²) in [5.41, 5.74) is 5.58. The van der Waals surface area contributed by atoms with Gasteiger partial charge in [0, 0.05) is 19.6 Å². The van der Waals surface area contributed by atoms with Crippen LogP contribution in [0.1, 0.15) is 36.8 Å². The quantitative estimate of drug-likeness (QED) is 0.806. The van der Waals surface area contributed by atoms with Crippen LogP contribution >= 0.6 is 0 Å². The molecule has 0 spiro atoms. The summed E-state index contributed by atoms with van der Waals surface area (Å²) in [6.45, 7) is 3.42. The predicted molar refractivity (Wildman–Crippen MR) is 109 cm³/mol. The second-order valence-electron chi connectivity index (χ2n) is 7.53. The minimum absolute atomic E-state index is 0.344. The molecule has 1 N–H and O–H groups in total. The molecular weight excluding hydrogens is 318 g/mol. The summed E-state index contributed by atoms with van der Waals surface area (Å²) in [6.07, 6.45) is 9.55. The molecule has 2 nitrogen and oxygen atoms in total. The lowest BCUT2D eigenvalue weighted by molar-refractivity contribution is 0.244. The van der Waals surface area contributed by atoms with E-state index in [0.717, 1.165) is 31.8 Å². The lowest BCUT2D eigenvalue weighted by Gasteiger charge is -2.32. The van der Waals surface area contributed by atoms with Crippen LogP contribution in [0.15, 0.2) is 66.7 Å². The van der Waals surface area contributed by atoms with Crippen LogP contribution in [-0.2, 0) is 0 Å². The zero-order valence-electron chi connectivity index (χ0n) is 15.3. The lowest BCUT2D eigenvalue weighted by atomic mass is 9.85. The number of benzene rings is 2. The number of phenolic OH excluding ortho intramolecular Hbond substituents is 1. The van der Waals surface area contributed by atoms with E-state index < -0.39 is 0 Å². The van der Waals surface area contributed by atoms with Gasteiger partial charge in [0.05, 0.1) is 0 Å². The number of hydrogen-bond donors (Lipinski definition) is 1. The van der Waals surface area contributed by atoms with Crippen LogP contribution in [0.25, 0.3) is 11.1 Å². The molecule has 134 valence electrons. The SMILES string of the molecule is Oc1ccc(C2=CCCC(CN3CC=C(c4ccccc4)CC3)C2)cc1. The molecule has 0 aromatic heterocycles. The topological polar surface area (TPSA) is 23.5 Å². The van der Waals surface area contributed by atoms with Crippen LogP contribution in [0.5, 0.6) is 5.75 Å². The summed E-state index contributed by atoms with van der Waals surface area (Å²) in [5.74, 6) is 1.08.